The number of benzene rings is 1. The molecule has 1 N–H and O–H groups in total. The Bertz CT molecular complexity index is 842. The predicted molar refractivity (Wildman–Crippen MR) is 99.9 cm³/mol. The lowest BCUT2D eigenvalue weighted by molar-refractivity contribution is 0.101. The van der Waals surface area contributed by atoms with Crippen LogP contribution in [-0.4, -0.2) is 55.4 Å². The molecule has 0 bridgehead atoms. The molecule has 0 aliphatic carbocycles. The molecule has 1 aromatic heterocycles. The van der Waals surface area contributed by atoms with Crippen molar-refractivity contribution in [2.45, 2.75) is 13.8 Å². The van der Waals surface area contributed by atoms with Crippen molar-refractivity contribution in [3.05, 3.63) is 35.2 Å². The summed E-state index contributed by atoms with van der Waals surface area (Å²) in [6.45, 7) is 7.50. The minimum Gasteiger partial charge on any atom is -0.486 e. The first-order valence-electron chi connectivity index (χ1n) is 9.01. The fraction of sp³-hybridized carbons (Fsp3) is 0.421. The zero-order valence-electron chi connectivity index (χ0n) is 15.4. The van der Waals surface area contributed by atoms with Crippen LogP contribution in [0.2, 0.25) is 0 Å². The molecule has 0 saturated carbocycles. The first-order valence-corrected chi connectivity index (χ1v) is 9.01. The van der Waals surface area contributed by atoms with Gasteiger partial charge in [0.05, 0.1) is 35.9 Å². The summed E-state index contributed by atoms with van der Waals surface area (Å²) in [6, 6.07) is 5.29. The minimum atomic E-state index is -0.272. The molecule has 27 heavy (non-hydrogen) atoms. The van der Waals surface area contributed by atoms with Crippen LogP contribution >= 0.6 is 0 Å². The van der Waals surface area contributed by atoms with Crippen molar-refractivity contribution in [3.8, 4) is 11.5 Å². The molecule has 4 rings (SSSR count). The minimum absolute atomic E-state index is 0.272. The molecule has 1 aromatic carbocycles. The van der Waals surface area contributed by atoms with E-state index in [2.05, 4.69) is 20.2 Å². The molecule has 8 nitrogen and oxygen atoms in total. The number of ether oxygens (including phenoxy) is 3. The predicted octanol–water partition coefficient (Wildman–Crippen LogP) is 1.95. The number of hydrogen-bond acceptors (Lipinski definition) is 7. The van der Waals surface area contributed by atoms with Crippen LogP contribution < -0.4 is 19.7 Å². The number of anilines is 2. The second-order valence-corrected chi connectivity index (χ2v) is 6.45. The van der Waals surface area contributed by atoms with Gasteiger partial charge in [-0.05, 0) is 26.0 Å². The highest BCUT2D eigenvalue weighted by Crippen LogP contribution is 2.34. The van der Waals surface area contributed by atoms with Gasteiger partial charge in [-0.2, -0.15) is 0 Å². The van der Waals surface area contributed by atoms with Gasteiger partial charge in [0.1, 0.15) is 13.2 Å². The normalized spacial score (nSPS) is 16.1. The Balaban J connectivity index is 1.58. The molecule has 0 atom stereocenters. The fourth-order valence-corrected chi connectivity index (χ4v) is 3.22. The largest absolute Gasteiger partial charge is 0.486 e. The molecule has 0 radical (unpaired) electrons. The van der Waals surface area contributed by atoms with Gasteiger partial charge >= 0.3 is 0 Å². The van der Waals surface area contributed by atoms with Crippen molar-refractivity contribution in [2.75, 3.05) is 49.7 Å². The van der Waals surface area contributed by atoms with Crippen molar-refractivity contribution in [1.29, 1.82) is 0 Å². The van der Waals surface area contributed by atoms with Gasteiger partial charge in [-0.15, -0.1) is 0 Å². The number of rotatable bonds is 3. The molecule has 2 aliphatic rings. The number of nitrogens with one attached hydrogen (secondary N) is 1. The third-order valence-electron chi connectivity index (χ3n) is 4.60. The third kappa shape index (κ3) is 3.52. The van der Waals surface area contributed by atoms with Crippen molar-refractivity contribution in [1.82, 2.24) is 9.97 Å². The number of nitrogens with zero attached hydrogens (tertiary/aromatic N) is 3. The average Bonchev–Trinajstić information content (AvgIpc) is 2.70. The second-order valence-electron chi connectivity index (χ2n) is 6.45. The number of carbonyl (C=O) groups excluding carboxylic acids is 1. The maximum Gasteiger partial charge on any atom is 0.259 e. The van der Waals surface area contributed by atoms with E-state index in [4.69, 9.17) is 14.2 Å². The van der Waals surface area contributed by atoms with E-state index < -0.39 is 0 Å². The Hall–Kier alpha value is -2.87. The third-order valence-corrected chi connectivity index (χ3v) is 4.60. The van der Waals surface area contributed by atoms with Crippen molar-refractivity contribution in [3.63, 3.8) is 0 Å². The van der Waals surface area contributed by atoms with Gasteiger partial charge in [-0.1, -0.05) is 6.07 Å². The Kier molecular flexibility index (Phi) is 4.81. The van der Waals surface area contributed by atoms with Gasteiger partial charge in [0.25, 0.3) is 5.91 Å². The molecular weight excluding hydrogens is 348 g/mol. The maximum atomic E-state index is 12.8. The monoisotopic (exact) mass is 370 g/mol. The standard InChI is InChI=1S/C19H22N4O4/c1-12-16(13(2)21-19(20-12)23-6-8-25-9-7-23)22-18(24)14-4-3-5-15-17(14)27-11-10-26-15/h3-5H,6-11H2,1-2H3,(H,22,24). The van der Waals surface area contributed by atoms with E-state index in [0.29, 0.717) is 55.1 Å². The lowest BCUT2D eigenvalue weighted by Gasteiger charge is -2.27. The number of aromatic nitrogens is 2. The van der Waals surface area contributed by atoms with Crippen LogP contribution in [0.15, 0.2) is 18.2 Å². The van der Waals surface area contributed by atoms with E-state index in [1.165, 1.54) is 0 Å². The van der Waals surface area contributed by atoms with Crippen LogP contribution in [0.5, 0.6) is 11.5 Å². The molecule has 8 heteroatoms. The van der Waals surface area contributed by atoms with Gasteiger partial charge in [0, 0.05) is 13.1 Å². The summed E-state index contributed by atoms with van der Waals surface area (Å²) in [5.41, 5.74) is 2.49. The zero-order valence-corrected chi connectivity index (χ0v) is 15.4. The lowest BCUT2D eigenvalue weighted by atomic mass is 10.1. The molecule has 0 unspecified atom stereocenters. The molecule has 1 amide bonds. The summed E-state index contributed by atoms with van der Waals surface area (Å²) in [4.78, 5) is 24.1. The van der Waals surface area contributed by atoms with Gasteiger partial charge in [0.2, 0.25) is 5.95 Å². The zero-order chi connectivity index (χ0) is 18.8. The van der Waals surface area contributed by atoms with Crippen molar-refractivity contribution in [2.24, 2.45) is 0 Å². The summed E-state index contributed by atoms with van der Waals surface area (Å²) in [5, 5.41) is 2.93. The van der Waals surface area contributed by atoms with E-state index in [1.807, 2.05) is 13.8 Å². The average molecular weight is 370 g/mol. The van der Waals surface area contributed by atoms with Crippen LogP contribution in [0.4, 0.5) is 11.6 Å². The molecule has 1 saturated heterocycles. The smallest absolute Gasteiger partial charge is 0.259 e. The summed E-state index contributed by atoms with van der Waals surface area (Å²) in [5.74, 6) is 1.45. The number of hydrogen-bond donors (Lipinski definition) is 1. The number of carbonyl (C=O) groups is 1. The van der Waals surface area contributed by atoms with Gasteiger partial charge in [-0.3, -0.25) is 4.79 Å². The fourth-order valence-electron chi connectivity index (χ4n) is 3.22. The highest BCUT2D eigenvalue weighted by atomic mass is 16.6. The van der Waals surface area contributed by atoms with Crippen LogP contribution in [0.25, 0.3) is 0 Å². The van der Waals surface area contributed by atoms with Gasteiger partial charge in [0.15, 0.2) is 11.5 Å². The molecule has 2 aromatic rings. The summed E-state index contributed by atoms with van der Waals surface area (Å²) < 4.78 is 16.6. The molecule has 2 aliphatic heterocycles. The van der Waals surface area contributed by atoms with Crippen molar-refractivity contribution < 1.29 is 19.0 Å². The highest BCUT2D eigenvalue weighted by Gasteiger charge is 2.22. The lowest BCUT2D eigenvalue weighted by Crippen LogP contribution is -2.37. The number of fused-ring (bicyclic) bond motifs is 1. The van der Waals surface area contributed by atoms with Crippen LogP contribution in [0, 0.1) is 13.8 Å². The quantitative estimate of drug-likeness (QED) is 0.884. The van der Waals surface area contributed by atoms with Gasteiger partial charge in [-0.25, -0.2) is 9.97 Å². The number of amides is 1. The Morgan fingerprint density at radius 1 is 1.04 bits per heavy atom. The molecule has 142 valence electrons. The van der Waals surface area contributed by atoms with E-state index in [1.54, 1.807) is 18.2 Å². The van der Waals surface area contributed by atoms with Crippen LogP contribution in [-0.2, 0) is 4.74 Å². The van der Waals surface area contributed by atoms with E-state index in [0.717, 1.165) is 24.5 Å². The summed E-state index contributed by atoms with van der Waals surface area (Å²) in [7, 11) is 0. The number of morpholine rings is 1. The topological polar surface area (TPSA) is 85.8 Å². The number of aryl methyl sites for hydroxylation is 2. The Labute approximate surface area is 157 Å². The second kappa shape index (κ2) is 7.40. The molecular formula is C19H22N4O4. The van der Waals surface area contributed by atoms with Crippen LogP contribution in [0.1, 0.15) is 21.7 Å². The maximum absolute atomic E-state index is 12.8. The highest BCUT2D eigenvalue weighted by molar-refractivity contribution is 6.07. The molecule has 3 heterocycles. The van der Waals surface area contributed by atoms with E-state index >= 15 is 0 Å². The Morgan fingerprint density at radius 3 is 2.48 bits per heavy atom. The van der Waals surface area contributed by atoms with Gasteiger partial charge < -0.3 is 24.4 Å². The van der Waals surface area contributed by atoms with E-state index in [9.17, 15) is 4.79 Å². The number of para-hydroxylation sites is 1. The molecule has 0 spiro atoms. The van der Waals surface area contributed by atoms with E-state index in [-0.39, 0.29) is 5.91 Å². The first-order chi connectivity index (χ1) is 13.1. The first kappa shape index (κ1) is 17.5. The molecule has 1 fully saturated rings. The summed E-state index contributed by atoms with van der Waals surface area (Å²) in [6.07, 6.45) is 0. The Morgan fingerprint density at radius 2 is 1.74 bits per heavy atom. The SMILES string of the molecule is Cc1nc(N2CCOCC2)nc(C)c1NC(=O)c1cccc2c1OCCO2. The van der Waals surface area contributed by atoms with Crippen molar-refractivity contribution >= 4 is 17.5 Å². The summed E-state index contributed by atoms with van der Waals surface area (Å²) >= 11 is 0. The van der Waals surface area contributed by atoms with Crippen LogP contribution in [0.3, 0.4) is 0 Å².